The largest absolute Gasteiger partial charge is 0.321 e. The van der Waals surface area contributed by atoms with Crippen molar-refractivity contribution in [2.24, 2.45) is 0 Å². The number of H-pyrrole nitrogens is 1. The number of nitrogens with one attached hydrogen (secondary N) is 1. The molecule has 2 aromatic heterocycles. The maximum Gasteiger partial charge on any atom is 0.256 e. The van der Waals surface area contributed by atoms with Crippen LogP contribution in [0.1, 0.15) is 19.3 Å². The number of nitrogens with zero attached hydrogens (tertiary/aromatic N) is 2. The minimum Gasteiger partial charge on any atom is -0.321 e. The Morgan fingerprint density at radius 3 is 2.52 bits per heavy atom. The van der Waals surface area contributed by atoms with Crippen molar-refractivity contribution >= 4 is 54.2 Å². The zero-order chi connectivity index (χ0) is 22.7. The number of rotatable bonds is 3. The number of aromatic amines is 1. The normalized spacial score (nSPS) is 15.7. The summed E-state index contributed by atoms with van der Waals surface area (Å²) in [6.45, 7) is 1.05. The number of hydrogen-bond donors (Lipinski definition) is 1. The minimum absolute atomic E-state index is 0.204. The summed E-state index contributed by atoms with van der Waals surface area (Å²) >= 11 is 6.37. The van der Waals surface area contributed by atoms with Gasteiger partial charge in [-0.2, -0.15) is 4.31 Å². The smallest absolute Gasteiger partial charge is 0.256 e. The predicted octanol–water partition coefficient (Wildman–Crippen LogP) is 5.16. The third-order valence-corrected chi connectivity index (χ3v) is 8.66. The summed E-state index contributed by atoms with van der Waals surface area (Å²) in [4.78, 5) is 21.0. The highest BCUT2D eigenvalue weighted by Gasteiger charge is 2.27. The predicted molar refractivity (Wildman–Crippen MR) is 132 cm³/mol. The Hall–Kier alpha value is -3.00. The van der Waals surface area contributed by atoms with Crippen LogP contribution in [0.4, 0.5) is 0 Å². The first-order valence-corrected chi connectivity index (χ1v) is 12.7. The summed E-state index contributed by atoms with van der Waals surface area (Å²) in [6.07, 6.45) is 2.77. The van der Waals surface area contributed by atoms with Crippen LogP contribution in [0.25, 0.3) is 43.8 Å². The fourth-order valence-corrected chi connectivity index (χ4v) is 6.65. The summed E-state index contributed by atoms with van der Waals surface area (Å²) < 4.78 is 28.1. The molecule has 0 atom stereocenters. The molecule has 1 saturated heterocycles. The molecule has 0 radical (unpaired) electrons. The van der Waals surface area contributed by atoms with E-state index in [9.17, 15) is 13.2 Å². The fraction of sp³-hybridized carbons (Fsp3) is 0.200. The molecule has 1 fully saturated rings. The van der Waals surface area contributed by atoms with Crippen molar-refractivity contribution in [2.45, 2.75) is 24.2 Å². The summed E-state index contributed by atoms with van der Waals surface area (Å²) in [7, 11) is -3.63. The van der Waals surface area contributed by atoms with Crippen molar-refractivity contribution in [3.05, 3.63) is 70.0 Å². The lowest BCUT2D eigenvalue weighted by molar-refractivity contribution is 0.346. The van der Waals surface area contributed by atoms with Crippen LogP contribution in [0.2, 0.25) is 5.02 Å². The van der Waals surface area contributed by atoms with Crippen molar-refractivity contribution < 1.29 is 8.42 Å². The second kappa shape index (κ2) is 7.52. The summed E-state index contributed by atoms with van der Waals surface area (Å²) in [6, 6.07) is 16.1. The summed E-state index contributed by atoms with van der Waals surface area (Å²) in [5, 5.41) is 3.34. The average Bonchev–Trinajstić information content (AvgIpc) is 2.83. The molecule has 166 valence electrons. The Kier molecular flexibility index (Phi) is 4.69. The van der Waals surface area contributed by atoms with E-state index in [1.807, 2.05) is 30.3 Å². The van der Waals surface area contributed by atoms with Gasteiger partial charge in [0.05, 0.1) is 27.0 Å². The molecule has 1 aliphatic rings. The third-order valence-electron chi connectivity index (χ3n) is 6.46. The summed E-state index contributed by atoms with van der Waals surface area (Å²) in [5.74, 6) is 0. The standard InChI is InChI=1S/C25H20ClN3O3S/c26-19-7-3-2-6-17(19)21-14-18-24-20(27-21)9-8-15-12-16(13-22(23(15)24)28-25(18)30)33(31,32)29-10-4-1-5-11-29/h2-3,6-9,12-14H,1,4-5,10-11H2,(H,28,30). The van der Waals surface area contributed by atoms with Gasteiger partial charge in [0.1, 0.15) is 0 Å². The number of piperidine rings is 1. The molecular formula is C25H20ClN3O3S. The van der Waals surface area contributed by atoms with E-state index in [2.05, 4.69) is 4.98 Å². The van der Waals surface area contributed by atoms with Crippen LogP contribution in [0, 0.1) is 0 Å². The maximum atomic E-state index is 13.3. The molecule has 5 aromatic rings. The van der Waals surface area contributed by atoms with Crippen molar-refractivity contribution in [3.8, 4) is 11.3 Å². The molecule has 3 heterocycles. The van der Waals surface area contributed by atoms with E-state index in [4.69, 9.17) is 16.6 Å². The SMILES string of the molecule is O=c1[nH]c2cc(S(=O)(=O)N3CCCCC3)cc3ccc4nc(-c5ccccc5Cl)cc1c4c32. The van der Waals surface area contributed by atoms with E-state index in [-0.39, 0.29) is 10.5 Å². The van der Waals surface area contributed by atoms with E-state index in [1.165, 1.54) is 0 Å². The monoisotopic (exact) mass is 477 g/mol. The van der Waals surface area contributed by atoms with Gasteiger partial charge < -0.3 is 4.98 Å². The Balaban J connectivity index is 1.61. The molecule has 0 bridgehead atoms. The van der Waals surface area contributed by atoms with E-state index >= 15 is 0 Å². The van der Waals surface area contributed by atoms with Gasteiger partial charge in [0, 0.05) is 34.4 Å². The second-order valence-electron chi connectivity index (χ2n) is 8.48. The Morgan fingerprint density at radius 1 is 0.939 bits per heavy atom. The topological polar surface area (TPSA) is 83.1 Å². The van der Waals surface area contributed by atoms with E-state index in [0.29, 0.717) is 40.2 Å². The highest BCUT2D eigenvalue weighted by atomic mass is 35.5. The molecule has 1 aliphatic heterocycles. The van der Waals surface area contributed by atoms with Gasteiger partial charge >= 0.3 is 0 Å². The van der Waals surface area contributed by atoms with Gasteiger partial charge in [0.2, 0.25) is 10.0 Å². The molecule has 0 spiro atoms. The molecule has 8 heteroatoms. The van der Waals surface area contributed by atoms with E-state index in [0.717, 1.165) is 41.0 Å². The van der Waals surface area contributed by atoms with Gasteiger partial charge in [-0.05, 0) is 48.6 Å². The van der Waals surface area contributed by atoms with Crippen LogP contribution in [-0.4, -0.2) is 35.8 Å². The van der Waals surface area contributed by atoms with Gasteiger partial charge in [-0.1, -0.05) is 42.3 Å². The van der Waals surface area contributed by atoms with Crippen LogP contribution >= 0.6 is 11.6 Å². The van der Waals surface area contributed by atoms with E-state index < -0.39 is 10.0 Å². The lowest BCUT2D eigenvalue weighted by Crippen LogP contribution is -2.35. The van der Waals surface area contributed by atoms with Crippen molar-refractivity contribution in [1.29, 1.82) is 0 Å². The van der Waals surface area contributed by atoms with E-state index in [1.54, 1.807) is 28.6 Å². The zero-order valence-electron chi connectivity index (χ0n) is 17.6. The fourth-order valence-electron chi connectivity index (χ4n) is 4.84. The molecule has 6 rings (SSSR count). The van der Waals surface area contributed by atoms with Crippen LogP contribution in [0.15, 0.2) is 64.3 Å². The van der Waals surface area contributed by atoms with Crippen LogP contribution in [0.5, 0.6) is 0 Å². The van der Waals surface area contributed by atoms with Crippen LogP contribution in [-0.2, 0) is 10.0 Å². The van der Waals surface area contributed by atoms with Crippen LogP contribution in [0.3, 0.4) is 0 Å². The molecular weight excluding hydrogens is 458 g/mol. The molecule has 6 nitrogen and oxygen atoms in total. The first-order chi connectivity index (χ1) is 15.9. The van der Waals surface area contributed by atoms with Gasteiger partial charge in [0.25, 0.3) is 5.56 Å². The molecule has 0 unspecified atom stereocenters. The maximum absolute atomic E-state index is 13.3. The molecule has 0 aliphatic carbocycles. The molecule has 3 aromatic carbocycles. The minimum atomic E-state index is -3.63. The Morgan fingerprint density at radius 2 is 1.73 bits per heavy atom. The van der Waals surface area contributed by atoms with Gasteiger partial charge in [-0.25, -0.2) is 13.4 Å². The lowest BCUT2D eigenvalue weighted by atomic mass is 9.99. The zero-order valence-corrected chi connectivity index (χ0v) is 19.2. The highest BCUT2D eigenvalue weighted by molar-refractivity contribution is 7.89. The van der Waals surface area contributed by atoms with Gasteiger partial charge in [0.15, 0.2) is 0 Å². The van der Waals surface area contributed by atoms with Gasteiger partial charge in [-0.3, -0.25) is 4.79 Å². The van der Waals surface area contributed by atoms with Gasteiger partial charge in [-0.15, -0.1) is 0 Å². The first-order valence-electron chi connectivity index (χ1n) is 10.9. The van der Waals surface area contributed by atoms with Crippen LogP contribution < -0.4 is 5.56 Å². The molecule has 0 amide bonds. The Bertz CT molecular complexity index is 1710. The molecule has 33 heavy (non-hydrogen) atoms. The van der Waals surface area contributed by atoms with Crippen molar-refractivity contribution in [1.82, 2.24) is 14.3 Å². The summed E-state index contributed by atoms with van der Waals surface area (Å²) in [5.41, 5.74) is 2.24. The number of hydrogen-bond acceptors (Lipinski definition) is 4. The molecule has 1 N–H and O–H groups in total. The quantitative estimate of drug-likeness (QED) is 0.364. The Labute approximate surface area is 195 Å². The highest BCUT2D eigenvalue weighted by Crippen LogP contribution is 2.36. The number of benzene rings is 3. The number of pyridine rings is 2. The average molecular weight is 478 g/mol. The first kappa shape index (κ1) is 20.6. The number of aromatic nitrogens is 2. The van der Waals surface area contributed by atoms with Crippen molar-refractivity contribution in [2.75, 3.05) is 13.1 Å². The number of halogens is 1. The third kappa shape index (κ3) is 3.22. The number of sulfonamides is 1. The lowest BCUT2D eigenvalue weighted by Gasteiger charge is -2.26. The van der Waals surface area contributed by atoms with Crippen molar-refractivity contribution in [3.63, 3.8) is 0 Å². The molecule has 0 saturated carbocycles. The second-order valence-corrected chi connectivity index (χ2v) is 10.8.